The highest BCUT2D eigenvalue weighted by Crippen LogP contribution is 2.18. The Morgan fingerprint density at radius 2 is 2.06 bits per heavy atom. The molecule has 1 atom stereocenters. The molecule has 0 aliphatic heterocycles. The largest absolute Gasteiger partial charge is 0.469 e. The summed E-state index contributed by atoms with van der Waals surface area (Å²) in [6.07, 6.45) is 0. The number of nitrogens with zero attached hydrogens (tertiary/aromatic N) is 3. The number of methoxy groups -OCH3 is 1. The molecule has 0 radical (unpaired) electrons. The number of para-hydroxylation sites is 1. The Morgan fingerprint density at radius 3 is 2.78 bits per heavy atom. The summed E-state index contributed by atoms with van der Waals surface area (Å²) in [5.41, 5.74) is 1.57. The maximum Gasteiger partial charge on any atom is 0.309 e. The third kappa shape index (κ3) is 2.95. The lowest BCUT2D eigenvalue weighted by atomic mass is 10.2. The average Bonchev–Trinajstić information content (AvgIpc) is 2.43. The molecule has 0 N–H and O–H groups in total. The molecule has 0 amide bonds. The molecule has 0 saturated carbocycles. The zero-order chi connectivity index (χ0) is 13.0. The first-order valence-corrected chi connectivity index (χ1v) is 6.49. The van der Waals surface area contributed by atoms with Crippen LogP contribution in [-0.4, -0.2) is 34.0 Å². The Kier molecular flexibility index (Phi) is 4.09. The molecule has 0 aliphatic rings. The predicted molar refractivity (Wildman–Crippen MR) is 69.2 cm³/mol. The normalized spacial score (nSPS) is 12.3. The molecule has 0 aliphatic carbocycles. The van der Waals surface area contributed by atoms with Crippen LogP contribution in [0.15, 0.2) is 29.4 Å². The van der Waals surface area contributed by atoms with Gasteiger partial charge in [-0.25, -0.2) is 4.98 Å². The van der Waals surface area contributed by atoms with Crippen molar-refractivity contribution >= 4 is 28.8 Å². The van der Waals surface area contributed by atoms with Gasteiger partial charge in [0, 0.05) is 5.75 Å². The predicted octanol–water partition coefficient (Wildman–Crippen LogP) is 1.93. The van der Waals surface area contributed by atoms with Crippen molar-refractivity contribution in [2.45, 2.75) is 12.1 Å². The molecule has 5 nitrogen and oxygen atoms in total. The minimum absolute atomic E-state index is 0.185. The molecule has 2 rings (SSSR count). The summed E-state index contributed by atoms with van der Waals surface area (Å²) in [5.74, 6) is 0.165. The van der Waals surface area contributed by atoms with Crippen LogP contribution in [0.3, 0.4) is 0 Å². The Bertz CT molecular complexity index is 562. The Labute approximate surface area is 109 Å². The van der Waals surface area contributed by atoms with Gasteiger partial charge in [-0.3, -0.25) is 4.79 Å². The molecule has 0 spiro atoms. The lowest BCUT2D eigenvalue weighted by molar-refractivity contribution is -0.143. The highest BCUT2D eigenvalue weighted by molar-refractivity contribution is 7.99. The highest BCUT2D eigenvalue weighted by Gasteiger charge is 2.14. The second-order valence-electron chi connectivity index (χ2n) is 3.82. The van der Waals surface area contributed by atoms with Crippen LogP contribution in [0.2, 0.25) is 0 Å². The summed E-state index contributed by atoms with van der Waals surface area (Å²) < 4.78 is 4.66. The van der Waals surface area contributed by atoms with Crippen LogP contribution in [-0.2, 0) is 9.53 Å². The molecule has 6 heteroatoms. The SMILES string of the molecule is COC(=O)C(C)CSc1nnc2ccccc2n1. The number of carbonyl (C=O) groups is 1. The van der Waals surface area contributed by atoms with Crippen LogP contribution >= 0.6 is 11.8 Å². The molecule has 18 heavy (non-hydrogen) atoms. The van der Waals surface area contributed by atoms with Crippen molar-refractivity contribution in [3.8, 4) is 0 Å². The number of hydrogen-bond donors (Lipinski definition) is 0. The molecular formula is C12H13N3O2S. The fraction of sp³-hybridized carbons (Fsp3) is 0.333. The number of ether oxygens (including phenoxy) is 1. The van der Waals surface area contributed by atoms with E-state index in [4.69, 9.17) is 0 Å². The number of fused-ring (bicyclic) bond motifs is 1. The van der Waals surface area contributed by atoms with E-state index in [0.717, 1.165) is 11.0 Å². The molecule has 94 valence electrons. The Morgan fingerprint density at radius 1 is 1.33 bits per heavy atom. The fourth-order valence-corrected chi connectivity index (χ4v) is 2.19. The maximum absolute atomic E-state index is 11.3. The molecule has 1 heterocycles. The van der Waals surface area contributed by atoms with Gasteiger partial charge in [0.15, 0.2) is 0 Å². The molecule has 0 bridgehead atoms. The van der Waals surface area contributed by atoms with Gasteiger partial charge < -0.3 is 4.74 Å². The van der Waals surface area contributed by atoms with Gasteiger partial charge in [-0.2, -0.15) is 0 Å². The second kappa shape index (κ2) is 5.77. The summed E-state index contributed by atoms with van der Waals surface area (Å²) in [6.45, 7) is 1.81. The summed E-state index contributed by atoms with van der Waals surface area (Å²) in [7, 11) is 1.39. The highest BCUT2D eigenvalue weighted by atomic mass is 32.2. The van der Waals surface area contributed by atoms with Gasteiger partial charge in [0.25, 0.3) is 0 Å². The zero-order valence-electron chi connectivity index (χ0n) is 10.2. The zero-order valence-corrected chi connectivity index (χ0v) is 11.0. The number of aromatic nitrogens is 3. The van der Waals surface area contributed by atoms with Crippen LogP contribution < -0.4 is 0 Å². The van der Waals surface area contributed by atoms with Crippen molar-refractivity contribution in [1.29, 1.82) is 0 Å². The molecule has 2 aromatic rings. The fourth-order valence-electron chi connectivity index (χ4n) is 1.40. The van der Waals surface area contributed by atoms with Crippen molar-refractivity contribution in [1.82, 2.24) is 15.2 Å². The lowest BCUT2D eigenvalue weighted by Gasteiger charge is -2.07. The molecule has 1 unspecified atom stereocenters. The van der Waals surface area contributed by atoms with Crippen molar-refractivity contribution in [3.63, 3.8) is 0 Å². The Balaban J connectivity index is 2.06. The van der Waals surface area contributed by atoms with Crippen molar-refractivity contribution < 1.29 is 9.53 Å². The van der Waals surface area contributed by atoms with E-state index in [-0.39, 0.29) is 11.9 Å². The van der Waals surface area contributed by atoms with Crippen LogP contribution in [0.25, 0.3) is 11.0 Å². The molecule has 1 aromatic heterocycles. The maximum atomic E-state index is 11.3. The second-order valence-corrected chi connectivity index (χ2v) is 4.81. The van der Waals surface area contributed by atoms with E-state index in [1.165, 1.54) is 18.9 Å². The summed E-state index contributed by atoms with van der Waals surface area (Å²) >= 11 is 1.40. The first-order chi connectivity index (χ1) is 8.70. The number of esters is 1. The van der Waals surface area contributed by atoms with E-state index >= 15 is 0 Å². The summed E-state index contributed by atoms with van der Waals surface area (Å²) in [5, 5.41) is 8.66. The van der Waals surface area contributed by atoms with Crippen LogP contribution in [0.5, 0.6) is 0 Å². The van der Waals surface area contributed by atoms with E-state index in [9.17, 15) is 4.79 Å². The molecule has 0 saturated heterocycles. The third-order valence-corrected chi connectivity index (χ3v) is 3.50. The molecule has 0 fully saturated rings. The van der Waals surface area contributed by atoms with Gasteiger partial charge in [0.05, 0.1) is 18.5 Å². The van der Waals surface area contributed by atoms with Gasteiger partial charge in [0.2, 0.25) is 5.16 Å². The number of rotatable bonds is 4. The van der Waals surface area contributed by atoms with Crippen LogP contribution in [0.4, 0.5) is 0 Å². The first-order valence-electron chi connectivity index (χ1n) is 5.51. The minimum Gasteiger partial charge on any atom is -0.469 e. The summed E-state index contributed by atoms with van der Waals surface area (Å²) in [4.78, 5) is 15.6. The third-order valence-electron chi connectivity index (χ3n) is 2.41. The average molecular weight is 263 g/mol. The number of carbonyl (C=O) groups excluding carboxylic acids is 1. The van der Waals surface area contributed by atoms with Gasteiger partial charge in [-0.05, 0) is 12.1 Å². The Hall–Kier alpha value is -1.69. The number of benzene rings is 1. The first kappa shape index (κ1) is 12.8. The van der Waals surface area contributed by atoms with E-state index in [2.05, 4.69) is 19.9 Å². The van der Waals surface area contributed by atoms with E-state index in [1.807, 2.05) is 31.2 Å². The molecule has 1 aromatic carbocycles. The smallest absolute Gasteiger partial charge is 0.309 e. The topological polar surface area (TPSA) is 65.0 Å². The lowest BCUT2D eigenvalue weighted by Crippen LogP contribution is -2.15. The minimum atomic E-state index is -0.226. The monoisotopic (exact) mass is 263 g/mol. The van der Waals surface area contributed by atoms with E-state index in [0.29, 0.717) is 10.9 Å². The van der Waals surface area contributed by atoms with E-state index in [1.54, 1.807) is 0 Å². The van der Waals surface area contributed by atoms with Crippen molar-refractivity contribution in [3.05, 3.63) is 24.3 Å². The van der Waals surface area contributed by atoms with Crippen LogP contribution in [0, 0.1) is 5.92 Å². The number of thioether (sulfide) groups is 1. The van der Waals surface area contributed by atoms with Gasteiger partial charge in [-0.15, -0.1) is 10.2 Å². The van der Waals surface area contributed by atoms with Gasteiger partial charge in [-0.1, -0.05) is 30.8 Å². The van der Waals surface area contributed by atoms with Crippen LogP contribution in [0.1, 0.15) is 6.92 Å². The van der Waals surface area contributed by atoms with E-state index < -0.39 is 0 Å². The summed E-state index contributed by atoms with van der Waals surface area (Å²) in [6, 6.07) is 7.55. The van der Waals surface area contributed by atoms with Crippen molar-refractivity contribution in [2.75, 3.05) is 12.9 Å². The van der Waals surface area contributed by atoms with Gasteiger partial charge >= 0.3 is 5.97 Å². The quantitative estimate of drug-likeness (QED) is 0.620. The van der Waals surface area contributed by atoms with Crippen molar-refractivity contribution in [2.24, 2.45) is 5.92 Å². The number of hydrogen-bond acceptors (Lipinski definition) is 6. The van der Waals surface area contributed by atoms with Gasteiger partial charge in [0.1, 0.15) is 5.52 Å². The standard InChI is InChI=1S/C12H13N3O2S/c1-8(11(16)17-2)7-18-12-13-9-5-3-4-6-10(9)14-15-12/h3-6,8H,7H2,1-2H3. The molecular weight excluding hydrogens is 250 g/mol.